The number of rotatable bonds is 2. The van der Waals surface area contributed by atoms with Crippen LogP contribution in [0.1, 0.15) is 78.1 Å². The molecule has 0 amide bonds. The second kappa shape index (κ2) is 6.98. The van der Waals surface area contributed by atoms with Crippen LogP contribution in [0, 0.1) is 33.6 Å². The molecule has 0 aromatic heterocycles. The molecule has 1 aliphatic rings. The summed E-state index contributed by atoms with van der Waals surface area (Å²) in [6.07, 6.45) is 9.53. The van der Waals surface area contributed by atoms with Crippen LogP contribution in [0.15, 0.2) is 6.07 Å². The van der Waals surface area contributed by atoms with Crippen molar-refractivity contribution in [1.82, 2.24) is 0 Å². The van der Waals surface area contributed by atoms with E-state index in [9.17, 15) is 0 Å². The fourth-order valence-electron chi connectivity index (χ4n) is 3.68. The topological polar surface area (TPSA) is 0 Å². The number of aryl methyl sites for hydroxylation is 2. The molecule has 20 heavy (non-hydrogen) atoms. The monoisotopic (exact) mass is 292 g/mol. The van der Waals surface area contributed by atoms with Gasteiger partial charge in [0.2, 0.25) is 0 Å². The molecule has 0 saturated heterocycles. The number of benzene rings is 1. The first-order chi connectivity index (χ1) is 9.52. The standard InChI is InChI=1S/C19H29Cl/c1-13-12-14(2)16(4)18(15(13)3)19(20)17-10-8-6-5-7-9-11-17/h12,17,19H,5-11H2,1-4H3. The Morgan fingerprint density at radius 2 is 1.30 bits per heavy atom. The van der Waals surface area contributed by atoms with Gasteiger partial charge in [0.1, 0.15) is 0 Å². The van der Waals surface area contributed by atoms with E-state index in [0.717, 1.165) is 0 Å². The van der Waals surface area contributed by atoms with Crippen LogP contribution in [-0.4, -0.2) is 0 Å². The molecule has 112 valence electrons. The zero-order chi connectivity index (χ0) is 14.7. The molecule has 1 heteroatoms. The Hall–Kier alpha value is -0.490. The van der Waals surface area contributed by atoms with Gasteiger partial charge < -0.3 is 0 Å². The summed E-state index contributed by atoms with van der Waals surface area (Å²) in [7, 11) is 0. The number of hydrogen-bond acceptors (Lipinski definition) is 0. The summed E-state index contributed by atoms with van der Waals surface area (Å²) in [6, 6.07) is 2.30. The lowest BCUT2D eigenvalue weighted by Crippen LogP contribution is -2.13. The van der Waals surface area contributed by atoms with Gasteiger partial charge in [-0.1, -0.05) is 38.2 Å². The summed E-state index contributed by atoms with van der Waals surface area (Å²) >= 11 is 6.97. The predicted molar refractivity (Wildman–Crippen MR) is 89.8 cm³/mol. The lowest BCUT2D eigenvalue weighted by molar-refractivity contribution is 0.367. The van der Waals surface area contributed by atoms with Crippen molar-refractivity contribution in [2.75, 3.05) is 0 Å². The highest BCUT2D eigenvalue weighted by molar-refractivity contribution is 6.21. The van der Waals surface area contributed by atoms with Crippen molar-refractivity contribution in [2.24, 2.45) is 5.92 Å². The Morgan fingerprint density at radius 3 is 1.80 bits per heavy atom. The van der Waals surface area contributed by atoms with E-state index in [2.05, 4.69) is 33.8 Å². The van der Waals surface area contributed by atoms with Crippen LogP contribution < -0.4 is 0 Å². The molecule has 1 aromatic carbocycles. The van der Waals surface area contributed by atoms with Crippen LogP contribution in [-0.2, 0) is 0 Å². The van der Waals surface area contributed by atoms with E-state index in [0.29, 0.717) is 5.92 Å². The normalized spacial score (nSPS) is 19.4. The van der Waals surface area contributed by atoms with Gasteiger partial charge in [0.05, 0.1) is 5.38 Å². The fraction of sp³-hybridized carbons (Fsp3) is 0.684. The van der Waals surface area contributed by atoms with Crippen molar-refractivity contribution in [3.8, 4) is 0 Å². The number of alkyl halides is 1. The van der Waals surface area contributed by atoms with Gasteiger partial charge in [0, 0.05) is 0 Å². The summed E-state index contributed by atoms with van der Waals surface area (Å²) in [5, 5.41) is 0.201. The summed E-state index contributed by atoms with van der Waals surface area (Å²) in [5.74, 6) is 0.663. The van der Waals surface area contributed by atoms with Crippen molar-refractivity contribution in [1.29, 1.82) is 0 Å². The fourth-order valence-corrected chi connectivity index (χ4v) is 4.26. The summed E-state index contributed by atoms with van der Waals surface area (Å²) < 4.78 is 0. The van der Waals surface area contributed by atoms with Gasteiger partial charge in [-0.25, -0.2) is 0 Å². The molecule has 1 atom stereocenters. The largest absolute Gasteiger partial charge is 0.118 e. The van der Waals surface area contributed by atoms with Gasteiger partial charge in [-0.05, 0) is 74.3 Å². The van der Waals surface area contributed by atoms with E-state index in [1.54, 1.807) is 0 Å². The second-order valence-electron chi connectivity index (χ2n) is 6.68. The molecule has 1 fully saturated rings. The van der Waals surface area contributed by atoms with Crippen molar-refractivity contribution < 1.29 is 0 Å². The van der Waals surface area contributed by atoms with Crippen LogP contribution in [0.25, 0.3) is 0 Å². The van der Waals surface area contributed by atoms with Crippen LogP contribution >= 0.6 is 11.6 Å². The Bertz CT molecular complexity index is 427. The molecule has 2 rings (SSSR count). The molecule has 0 N–H and O–H groups in total. The van der Waals surface area contributed by atoms with Gasteiger partial charge in [-0.3, -0.25) is 0 Å². The summed E-state index contributed by atoms with van der Waals surface area (Å²) in [5.41, 5.74) is 7.03. The average molecular weight is 293 g/mol. The molecule has 0 heterocycles. The van der Waals surface area contributed by atoms with Crippen LogP contribution in [0.4, 0.5) is 0 Å². The molecule has 1 unspecified atom stereocenters. The molecular formula is C19H29Cl. The van der Waals surface area contributed by atoms with E-state index in [4.69, 9.17) is 11.6 Å². The van der Waals surface area contributed by atoms with Crippen LogP contribution in [0.5, 0.6) is 0 Å². The Labute approximate surface area is 129 Å². The molecule has 0 aliphatic heterocycles. The quantitative estimate of drug-likeness (QED) is 0.541. The molecule has 0 nitrogen and oxygen atoms in total. The zero-order valence-corrected chi connectivity index (χ0v) is 14.3. The van der Waals surface area contributed by atoms with Crippen molar-refractivity contribution in [2.45, 2.75) is 78.0 Å². The highest BCUT2D eigenvalue weighted by Crippen LogP contribution is 2.41. The Kier molecular flexibility index (Phi) is 5.55. The highest BCUT2D eigenvalue weighted by Gasteiger charge is 2.25. The zero-order valence-electron chi connectivity index (χ0n) is 13.6. The summed E-state index contributed by atoms with van der Waals surface area (Å²) in [6.45, 7) is 8.92. The molecular weight excluding hydrogens is 264 g/mol. The third kappa shape index (κ3) is 3.39. The highest BCUT2D eigenvalue weighted by atomic mass is 35.5. The smallest absolute Gasteiger partial charge is 0.0618 e. The molecule has 1 aromatic rings. The maximum Gasteiger partial charge on any atom is 0.0618 e. The second-order valence-corrected chi connectivity index (χ2v) is 7.15. The molecule has 1 aliphatic carbocycles. The van der Waals surface area contributed by atoms with Gasteiger partial charge in [-0.15, -0.1) is 11.6 Å². The van der Waals surface area contributed by atoms with Gasteiger partial charge in [0.25, 0.3) is 0 Å². The maximum absolute atomic E-state index is 6.97. The predicted octanol–water partition coefficient (Wildman–Crippen LogP) is 6.56. The molecule has 0 spiro atoms. The first kappa shape index (κ1) is 15.9. The van der Waals surface area contributed by atoms with E-state index in [1.807, 2.05) is 0 Å². The van der Waals surface area contributed by atoms with Crippen molar-refractivity contribution in [3.05, 3.63) is 33.9 Å². The van der Waals surface area contributed by atoms with Crippen LogP contribution in [0.3, 0.4) is 0 Å². The van der Waals surface area contributed by atoms with Gasteiger partial charge in [0.15, 0.2) is 0 Å². The minimum atomic E-state index is 0.201. The van der Waals surface area contributed by atoms with E-state index >= 15 is 0 Å². The third-order valence-corrected chi connectivity index (χ3v) is 5.84. The minimum absolute atomic E-state index is 0.201. The van der Waals surface area contributed by atoms with Crippen molar-refractivity contribution in [3.63, 3.8) is 0 Å². The van der Waals surface area contributed by atoms with E-state index in [1.165, 1.54) is 72.8 Å². The minimum Gasteiger partial charge on any atom is -0.118 e. The van der Waals surface area contributed by atoms with Crippen molar-refractivity contribution >= 4 is 11.6 Å². The van der Waals surface area contributed by atoms with E-state index in [-0.39, 0.29) is 5.38 Å². The molecule has 0 bridgehead atoms. The third-order valence-electron chi connectivity index (χ3n) is 5.26. The molecule has 1 saturated carbocycles. The maximum atomic E-state index is 6.97. The summed E-state index contributed by atoms with van der Waals surface area (Å²) in [4.78, 5) is 0. The lowest BCUT2D eigenvalue weighted by Gasteiger charge is -2.28. The van der Waals surface area contributed by atoms with Gasteiger partial charge >= 0.3 is 0 Å². The first-order valence-electron chi connectivity index (χ1n) is 8.23. The Balaban J connectivity index is 2.29. The SMILES string of the molecule is Cc1cc(C)c(C)c(C(Cl)C2CCCCCCC2)c1C. The average Bonchev–Trinajstić information content (AvgIpc) is 2.36. The first-order valence-corrected chi connectivity index (χ1v) is 8.67. The molecule has 0 radical (unpaired) electrons. The van der Waals surface area contributed by atoms with Gasteiger partial charge in [-0.2, -0.15) is 0 Å². The number of halogens is 1. The Morgan fingerprint density at radius 1 is 0.850 bits per heavy atom. The number of hydrogen-bond donors (Lipinski definition) is 0. The van der Waals surface area contributed by atoms with Crippen LogP contribution in [0.2, 0.25) is 0 Å². The van der Waals surface area contributed by atoms with E-state index < -0.39 is 0 Å². The lowest BCUT2D eigenvalue weighted by atomic mass is 9.82.